The lowest BCUT2D eigenvalue weighted by atomic mass is 10.2. The van der Waals surface area contributed by atoms with E-state index >= 15 is 0 Å². The second kappa shape index (κ2) is 14.0. The number of hydrogen-bond acceptors (Lipinski definition) is 11. The van der Waals surface area contributed by atoms with E-state index in [0.29, 0.717) is 72.0 Å². The Hall–Kier alpha value is -3.98. The van der Waals surface area contributed by atoms with Crippen LogP contribution in [0.2, 0.25) is 0 Å². The van der Waals surface area contributed by atoms with E-state index in [-0.39, 0.29) is 13.1 Å². The fraction of sp³-hybridized carbons (Fsp3) is 0.517. The number of nitrogens with zero attached hydrogens (tertiary/aromatic N) is 10. The maximum Gasteiger partial charge on any atom is 0.317 e. The van der Waals surface area contributed by atoms with Gasteiger partial charge in [-0.25, -0.2) is 9.67 Å². The molecule has 3 aromatic heterocycles. The van der Waals surface area contributed by atoms with Gasteiger partial charge in [0.2, 0.25) is 0 Å². The summed E-state index contributed by atoms with van der Waals surface area (Å²) < 4.78 is 1.83. The van der Waals surface area contributed by atoms with Gasteiger partial charge >= 0.3 is 11.9 Å². The molecule has 6 heterocycles. The van der Waals surface area contributed by atoms with Crippen LogP contribution in [0, 0.1) is 0 Å². The maximum absolute atomic E-state index is 11.8. The van der Waals surface area contributed by atoms with Gasteiger partial charge in [0, 0.05) is 85.2 Å². The lowest BCUT2D eigenvalue weighted by Gasteiger charge is -2.33. The molecule has 230 valence electrons. The zero-order valence-electron chi connectivity index (χ0n) is 24.8. The summed E-state index contributed by atoms with van der Waals surface area (Å²) in [7, 11) is 3.98. The molecule has 2 N–H and O–H groups in total. The first kappa shape index (κ1) is 30.5. The molecular formula is C29H40N10O4. The highest BCUT2D eigenvalue weighted by Gasteiger charge is 2.21. The third-order valence-corrected chi connectivity index (χ3v) is 7.85. The van der Waals surface area contributed by atoms with Crippen LogP contribution in [0.15, 0.2) is 36.5 Å². The molecule has 14 heteroatoms. The number of carboxylic acid groups (broad SMARTS) is 2. The first-order valence-corrected chi connectivity index (χ1v) is 14.6. The van der Waals surface area contributed by atoms with E-state index in [2.05, 4.69) is 26.2 Å². The van der Waals surface area contributed by atoms with Crippen molar-refractivity contribution in [3.05, 3.63) is 53.6 Å². The third-order valence-electron chi connectivity index (χ3n) is 7.85. The molecule has 3 aliphatic rings. The number of aliphatic carboxylic acids is 2. The molecule has 6 bridgehead atoms. The molecule has 0 saturated carbocycles. The quantitative estimate of drug-likeness (QED) is 0.418. The molecule has 0 spiro atoms. The highest BCUT2D eigenvalue weighted by atomic mass is 16.4. The van der Waals surface area contributed by atoms with Crippen molar-refractivity contribution in [3.8, 4) is 11.4 Å². The molecule has 0 amide bonds. The zero-order valence-corrected chi connectivity index (χ0v) is 24.8. The van der Waals surface area contributed by atoms with E-state index in [9.17, 15) is 19.8 Å². The van der Waals surface area contributed by atoms with Gasteiger partial charge in [0.1, 0.15) is 5.69 Å². The maximum atomic E-state index is 11.8. The van der Waals surface area contributed by atoms with Crippen LogP contribution in [0.3, 0.4) is 0 Å². The van der Waals surface area contributed by atoms with Gasteiger partial charge in [-0.1, -0.05) is 11.3 Å². The minimum absolute atomic E-state index is 0.0456. The first-order valence-electron chi connectivity index (χ1n) is 14.6. The molecule has 1 saturated heterocycles. The molecule has 43 heavy (non-hydrogen) atoms. The van der Waals surface area contributed by atoms with Crippen molar-refractivity contribution in [2.75, 3.05) is 84.4 Å². The molecule has 0 atom stereocenters. The Kier molecular flexibility index (Phi) is 9.92. The van der Waals surface area contributed by atoms with Crippen LogP contribution in [0.1, 0.15) is 17.1 Å². The van der Waals surface area contributed by atoms with Crippen LogP contribution < -0.4 is 4.90 Å². The molecule has 0 radical (unpaired) electrons. The molecule has 3 aliphatic heterocycles. The average molecular weight is 593 g/mol. The van der Waals surface area contributed by atoms with Crippen molar-refractivity contribution in [2.45, 2.75) is 19.6 Å². The van der Waals surface area contributed by atoms with Crippen LogP contribution in [-0.2, 0) is 29.2 Å². The lowest BCUT2D eigenvalue weighted by Crippen LogP contribution is -2.47. The van der Waals surface area contributed by atoms with Crippen LogP contribution in [0.5, 0.6) is 0 Å². The normalized spacial score (nSPS) is 20.6. The molecule has 3 aromatic rings. The number of rotatable bonds is 5. The van der Waals surface area contributed by atoms with Crippen molar-refractivity contribution in [1.82, 2.24) is 44.6 Å². The second-order valence-corrected chi connectivity index (χ2v) is 11.4. The van der Waals surface area contributed by atoms with E-state index in [1.54, 1.807) is 6.20 Å². The van der Waals surface area contributed by atoms with Crippen LogP contribution in [-0.4, -0.2) is 146 Å². The zero-order chi connectivity index (χ0) is 30.3. The number of carboxylic acids is 2. The molecular weight excluding hydrogens is 552 g/mol. The summed E-state index contributed by atoms with van der Waals surface area (Å²) in [5.74, 6) is -1.71. The van der Waals surface area contributed by atoms with Gasteiger partial charge in [0.05, 0.1) is 48.6 Å². The van der Waals surface area contributed by atoms with Gasteiger partial charge in [0.15, 0.2) is 0 Å². The van der Waals surface area contributed by atoms with Gasteiger partial charge in [-0.05, 0) is 24.3 Å². The Morgan fingerprint density at radius 3 is 1.88 bits per heavy atom. The van der Waals surface area contributed by atoms with Crippen molar-refractivity contribution in [2.24, 2.45) is 0 Å². The number of aromatic nitrogens is 5. The minimum Gasteiger partial charge on any atom is -0.480 e. The Labute approximate surface area is 251 Å². The summed E-state index contributed by atoms with van der Waals surface area (Å²) in [6.07, 6.45) is 1.71. The number of pyridine rings is 2. The largest absolute Gasteiger partial charge is 0.480 e. The number of hydrogen-bond donors (Lipinski definition) is 2. The molecule has 14 nitrogen and oxygen atoms in total. The topological polar surface area (TPSA) is 147 Å². The first-order chi connectivity index (χ1) is 20.7. The molecule has 0 aromatic carbocycles. The summed E-state index contributed by atoms with van der Waals surface area (Å²) in [4.78, 5) is 43.9. The monoisotopic (exact) mass is 592 g/mol. The predicted octanol–water partition coefficient (Wildman–Crippen LogP) is 0.254. The van der Waals surface area contributed by atoms with E-state index in [0.717, 1.165) is 34.2 Å². The van der Waals surface area contributed by atoms with Gasteiger partial charge in [-0.2, -0.15) is 0 Å². The Bertz CT molecular complexity index is 1380. The number of anilines is 1. The van der Waals surface area contributed by atoms with E-state index in [1.165, 1.54) is 0 Å². The van der Waals surface area contributed by atoms with Crippen molar-refractivity contribution < 1.29 is 19.8 Å². The predicted molar refractivity (Wildman–Crippen MR) is 160 cm³/mol. The summed E-state index contributed by atoms with van der Waals surface area (Å²) in [6.45, 7) is 6.14. The summed E-state index contributed by atoms with van der Waals surface area (Å²) in [5, 5.41) is 27.8. The fourth-order valence-corrected chi connectivity index (χ4v) is 5.54. The standard InChI is InChI=1S/C29H40N10O4/c1-34(2)25-14-23-18-36-8-12-37(20-28(40)41)10-6-35(7-11-38(13-9-36)21-29(42)43)17-22-4-3-5-26(32-22)27-16-30-33-39(27)19-24(15-25)31-23/h3-5,14-16H,6-13,17-21H2,1-2H3,(H,40,41)(H,42,43). The van der Waals surface area contributed by atoms with Gasteiger partial charge in [0.25, 0.3) is 0 Å². The lowest BCUT2D eigenvalue weighted by molar-refractivity contribution is -0.139. The fourth-order valence-electron chi connectivity index (χ4n) is 5.54. The Morgan fingerprint density at radius 1 is 0.767 bits per heavy atom. The summed E-state index contributed by atoms with van der Waals surface area (Å²) in [5.41, 5.74) is 5.10. The van der Waals surface area contributed by atoms with E-state index in [4.69, 9.17) is 9.97 Å². The summed E-state index contributed by atoms with van der Waals surface area (Å²) >= 11 is 0. The SMILES string of the molecule is CN(C)c1cc2nc(c1)Cn1nncc1-c1cccc(n1)CN1CCN(CC(=O)O)CCN(CCN(CC(=O)O)CC1)C2. The van der Waals surface area contributed by atoms with Gasteiger partial charge < -0.3 is 15.1 Å². The van der Waals surface area contributed by atoms with Crippen LogP contribution in [0.4, 0.5) is 5.69 Å². The summed E-state index contributed by atoms with van der Waals surface area (Å²) in [6, 6.07) is 9.99. The van der Waals surface area contributed by atoms with Crippen molar-refractivity contribution >= 4 is 17.6 Å². The number of fused-ring (bicyclic) bond motifs is 8. The van der Waals surface area contributed by atoms with E-state index in [1.807, 2.05) is 57.7 Å². The smallest absolute Gasteiger partial charge is 0.317 e. The van der Waals surface area contributed by atoms with E-state index < -0.39 is 11.9 Å². The molecule has 1 fully saturated rings. The average Bonchev–Trinajstić information content (AvgIpc) is 3.41. The second-order valence-electron chi connectivity index (χ2n) is 11.4. The van der Waals surface area contributed by atoms with Crippen LogP contribution >= 0.6 is 0 Å². The van der Waals surface area contributed by atoms with Gasteiger partial charge in [-0.15, -0.1) is 5.10 Å². The van der Waals surface area contributed by atoms with Crippen molar-refractivity contribution in [3.63, 3.8) is 0 Å². The molecule has 0 unspecified atom stereocenters. The minimum atomic E-state index is -0.857. The van der Waals surface area contributed by atoms with Gasteiger partial charge in [-0.3, -0.25) is 34.2 Å². The Balaban J connectivity index is 1.59. The highest BCUT2D eigenvalue weighted by molar-refractivity contribution is 5.69. The molecule has 6 rings (SSSR count). The number of carbonyl (C=O) groups is 2. The third kappa shape index (κ3) is 8.54. The van der Waals surface area contributed by atoms with Crippen LogP contribution in [0.25, 0.3) is 11.4 Å². The van der Waals surface area contributed by atoms with Crippen molar-refractivity contribution in [1.29, 1.82) is 0 Å². The molecule has 0 aliphatic carbocycles. The highest BCUT2D eigenvalue weighted by Crippen LogP contribution is 2.21. The Morgan fingerprint density at radius 2 is 1.33 bits per heavy atom.